The van der Waals surface area contributed by atoms with E-state index < -0.39 is 18.1 Å². The third-order valence-corrected chi connectivity index (χ3v) is 10.2. The first-order valence-electron chi connectivity index (χ1n) is 23.7. The molecule has 0 aliphatic carbocycles. The number of quaternary nitrogens is 1. The number of hydrogen-bond donors (Lipinski definition) is 0. The smallest absolute Gasteiger partial charge is 0.306 e. The zero-order valence-corrected chi connectivity index (χ0v) is 38.8. The monoisotopic (exact) mass is 838 g/mol. The molecule has 0 aromatic rings. The minimum atomic E-state index is -1.13. The van der Waals surface area contributed by atoms with Gasteiger partial charge in [-0.3, -0.25) is 9.59 Å². The number of unbranched alkanes of at least 4 members (excludes halogenated alkanes) is 17. The molecular formula is C52H87NO7. The van der Waals surface area contributed by atoms with Crippen LogP contribution in [0.3, 0.4) is 0 Å². The Kier molecular flexibility index (Phi) is 39.8. The second kappa shape index (κ2) is 42.2. The molecule has 0 aromatic heterocycles. The van der Waals surface area contributed by atoms with E-state index in [4.69, 9.17) is 14.2 Å². The van der Waals surface area contributed by atoms with Crippen molar-refractivity contribution >= 4 is 17.9 Å². The highest BCUT2D eigenvalue weighted by Crippen LogP contribution is 2.15. The maximum absolute atomic E-state index is 12.8. The first-order chi connectivity index (χ1) is 29.1. The molecule has 60 heavy (non-hydrogen) atoms. The maximum Gasteiger partial charge on any atom is 0.306 e. The van der Waals surface area contributed by atoms with Gasteiger partial charge in [-0.05, 0) is 57.8 Å². The SMILES string of the molecule is CC/C=C/C=C/C=C/C=C/C=C/CCCCCC(=O)OCC(COCCC(C(=O)[O-])[N+](C)(C)C)OC(=O)CCCCCCCCCCCCCCCC/C=C/C/C=C/CC. The number of allylic oxidation sites excluding steroid dienone is 14. The number of nitrogens with zero attached hydrogens (tertiary/aromatic N) is 1. The number of rotatable bonds is 41. The summed E-state index contributed by atoms with van der Waals surface area (Å²) in [6.45, 7) is 4.37. The number of hydrogen-bond acceptors (Lipinski definition) is 7. The number of ether oxygens (including phenoxy) is 3. The summed E-state index contributed by atoms with van der Waals surface area (Å²) >= 11 is 0. The van der Waals surface area contributed by atoms with E-state index in [0.29, 0.717) is 12.8 Å². The maximum atomic E-state index is 12.8. The Labute approximate surface area is 367 Å². The van der Waals surface area contributed by atoms with E-state index in [9.17, 15) is 19.5 Å². The molecule has 0 aliphatic heterocycles. The fourth-order valence-corrected chi connectivity index (χ4v) is 6.54. The lowest BCUT2D eigenvalue weighted by molar-refractivity contribution is -0.889. The summed E-state index contributed by atoms with van der Waals surface area (Å²) in [7, 11) is 5.39. The van der Waals surface area contributed by atoms with E-state index in [1.165, 1.54) is 77.0 Å². The van der Waals surface area contributed by atoms with Crippen LogP contribution in [0.2, 0.25) is 0 Å². The molecule has 0 radical (unpaired) electrons. The Morgan fingerprint density at radius 3 is 1.50 bits per heavy atom. The van der Waals surface area contributed by atoms with Crippen LogP contribution in [0.4, 0.5) is 0 Å². The van der Waals surface area contributed by atoms with Crippen molar-refractivity contribution < 1.29 is 38.2 Å². The standard InChI is InChI=1S/C52H87NO7/c1-6-8-10-12-14-16-18-20-22-23-24-25-26-27-29-31-33-35-37-39-41-43-51(55)60-48(46-58-45-44-49(52(56)57)53(3,4)5)47-59-50(54)42-40-38-36-34-32-30-28-21-19-17-15-13-11-9-7-2/h8-11,13-17,19,21,28,30,32,48-49H,6-7,12,18,20,22-27,29,31,33-47H2,1-5H3/b10-8+,11-9+,15-13+,16-14+,19-17+,28-21+,32-30+. The van der Waals surface area contributed by atoms with E-state index in [1.807, 2.05) is 48.6 Å². The summed E-state index contributed by atoms with van der Waals surface area (Å²) in [4.78, 5) is 36.9. The van der Waals surface area contributed by atoms with E-state index in [0.717, 1.165) is 64.2 Å². The number of likely N-dealkylation sites (N-methyl/N-ethyl adjacent to an activating group) is 1. The van der Waals surface area contributed by atoms with Crippen molar-refractivity contribution in [2.24, 2.45) is 0 Å². The Morgan fingerprint density at radius 2 is 0.967 bits per heavy atom. The average Bonchev–Trinajstić information content (AvgIpc) is 3.21. The third-order valence-electron chi connectivity index (χ3n) is 10.2. The van der Waals surface area contributed by atoms with Crippen molar-refractivity contribution in [3.8, 4) is 0 Å². The van der Waals surface area contributed by atoms with Crippen LogP contribution in [0.15, 0.2) is 85.1 Å². The van der Waals surface area contributed by atoms with Crippen LogP contribution >= 0.6 is 0 Å². The highest BCUT2D eigenvalue weighted by atomic mass is 16.6. The number of carbonyl (C=O) groups is 3. The molecule has 342 valence electrons. The largest absolute Gasteiger partial charge is 0.544 e. The molecule has 0 saturated heterocycles. The van der Waals surface area contributed by atoms with Gasteiger partial charge in [0.15, 0.2) is 6.10 Å². The normalized spacial score (nSPS) is 13.7. The molecule has 2 atom stereocenters. The molecule has 0 aliphatic rings. The van der Waals surface area contributed by atoms with Crippen molar-refractivity contribution in [3.05, 3.63) is 85.1 Å². The lowest BCUT2D eigenvalue weighted by Crippen LogP contribution is -2.55. The van der Waals surface area contributed by atoms with Gasteiger partial charge in [0.25, 0.3) is 0 Å². The van der Waals surface area contributed by atoms with Crippen LogP contribution in [0.5, 0.6) is 0 Å². The van der Waals surface area contributed by atoms with Crippen molar-refractivity contribution in [3.63, 3.8) is 0 Å². The Balaban J connectivity index is 4.33. The van der Waals surface area contributed by atoms with Gasteiger partial charge < -0.3 is 28.6 Å². The van der Waals surface area contributed by atoms with Crippen LogP contribution in [0.1, 0.15) is 174 Å². The highest BCUT2D eigenvalue weighted by molar-refractivity contribution is 5.70. The molecule has 0 aromatic carbocycles. The number of esters is 2. The van der Waals surface area contributed by atoms with Gasteiger partial charge in [0.05, 0.1) is 40.3 Å². The van der Waals surface area contributed by atoms with E-state index in [-0.39, 0.29) is 42.7 Å². The predicted octanol–water partition coefficient (Wildman–Crippen LogP) is 12.0. The second-order valence-electron chi connectivity index (χ2n) is 16.7. The van der Waals surface area contributed by atoms with Gasteiger partial charge in [-0.1, -0.05) is 182 Å². The number of carbonyl (C=O) groups excluding carboxylic acids is 3. The van der Waals surface area contributed by atoms with Gasteiger partial charge in [-0.15, -0.1) is 0 Å². The summed E-state index contributed by atoms with van der Waals surface area (Å²) in [5, 5.41) is 11.6. The molecule has 8 heteroatoms. The molecule has 0 rings (SSSR count). The first-order valence-corrected chi connectivity index (χ1v) is 23.7. The van der Waals surface area contributed by atoms with Gasteiger partial charge in [0.2, 0.25) is 0 Å². The van der Waals surface area contributed by atoms with Crippen molar-refractivity contribution in [2.75, 3.05) is 41.0 Å². The molecule has 2 unspecified atom stereocenters. The number of carboxylic acid groups (broad SMARTS) is 1. The highest BCUT2D eigenvalue weighted by Gasteiger charge is 2.25. The first kappa shape index (κ1) is 56.5. The summed E-state index contributed by atoms with van der Waals surface area (Å²) in [6.07, 6.45) is 54.7. The Hall–Kier alpha value is -3.49. The van der Waals surface area contributed by atoms with Crippen molar-refractivity contribution in [1.29, 1.82) is 0 Å². The van der Waals surface area contributed by atoms with Crippen LogP contribution in [-0.2, 0) is 28.6 Å². The second-order valence-corrected chi connectivity index (χ2v) is 16.7. The van der Waals surface area contributed by atoms with Crippen molar-refractivity contribution in [1.82, 2.24) is 0 Å². The molecule has 0 fully saturated rings. The van der Waals surface area contributed by atoms with Crippen LogP contribution in [-0.4, -0.2) is 75.5 Å². The topological polar surface area (TPSA) is 102 Å². The van der Waals surface area contributed by atoms with E-state index >= 15 is 0 Å². The van der Waals surface area contributed by atoms with Crippen LogP contribution < -0.4 is 5.11 Å². The van der Waals surface area contributed by atoms with E-state index in [2.05, 4.69) is 50.3 Å². The summed E-state index contributed by atoms with van der Waals surface area (Å²) in [5.41, 5.74) is 0. The molecular weight excluding hydrogens is 751 g/mol. The lowest BCUT2D eigenvalue weighted by Gasteiger charge is -2.34. The molecule has 0 saturated carbocycles. The van der Waals surface area contributed by atoms with Gasteiger partial charge in [0, 0.05) is 19.3 Å². The fourth-order valence-electron chi connectivity index (χ4n) is 6.54. The number of aliphatic carboxylic acids is 1. The third kappa shape index (κ3) is 39.9. The van der Waals surface area contributed by atoms with Crippen LogP contribution in [0.25, 0.3) is 0 Å². The van der Waals surface area contributed by atoms with Gasteiger partial charge >= 0.3 is 11.9 Å². The Bertz CT molecular complexity index is 1250. The summed E-state index contributed by atoms with van der Waals surface area (Å²) < 4.78 is 17.2. The fraction of sp³-hybridized carbons (Fsp3) is 0.673. The van der Waals surface area contributed by atoms with Crippen LogP contribution in [0, 0.1) is 0 Å². The average molecular weight is 838 g/mol. The summed E-state index contributed by atoms with van der Waals surface area (Å²) in [6, 6.07) is -0.736. The zero-order chi connectivity index (χ0) is 44.2. The van der Waals surface area contributed by atoms with Gasteiger partial charge in [0.1, 0.15) is 12.6 Å². The van der Waals surface area contributed by atoms with E-state index in [1.54, 1.807) is 21.1 Å². The van der Waals surface area contributed by atoms with Gasteiger partial charge in [-0.2, -0.15) is 0 Å². The zero-order valence-electron chi connectivity index (χ0n) is 38.8. The van der Waals surface area contributed by atoms with Gasteiger partial charge in [-0.25, -0.2) is 0 Å². The lowest BCUT2D eigenvalue weighted by atomic mass is 10.0. The molecule has 0 heterocycles. The summed E-state index contributed by atoms with van der Waals surface area (Å²) in [5.74, 6) is -1.80. The van der Waals surface area contributed by atoms with Crippen molar-refractivity contribution in [2.45, 2.75) is 187 Å². The quantitative estimate of drug-likeness (QED) is 0.0199. The molecule has 0 amide bonds. The predicted molar refractivity (Wildman–Crippen MR) is 249 cm³/mol. The molecule has 0 N–H and O–H groups in total. The number of carboxylic acids is 1. The Morgan fingerprint density at radius 1 is 0.517 bits per heavy atom. The molecule has 0 bridgehead atoms. The minimum Gasteiger partial charge on any atom is -0.544 e. The minimum absolute atomic E-state index is 0.0228. The molecule has 8 nitrogen and oxygen atoms in total. The molecule has 0 spiro atoms.